The average Bonchev–Trinajstić information content (AvgIpc) is 2.75. The molecule has 156 valence electrons. The normalized spacial score (nSPS) is 18.7. The van der Waals surface area contributed by atoms with Crippen LogP contribution in [0.25, 0.3) is 0 Å². The third-order valence-corrected chi connectivity index (χ3v) is 5.33. The SMILES string of the molecule is COc1cccc(NC(=O)C[NH+]2CC[NH+](Cc3ccc(OC)c(OC)c3)CC2)c1. The van der Waals surface area contributed by atoms with Crippen molar-refractivity contribution in [2.24, 2.45) is 0 Å². The minimum absolute atomic E-state index is 0.0385. The Morgan fingerprint density at radius 2 is 1.62 bits per heavy atom. The lowest BCUT2D eigenvalue weighted by Crippen LogP contribution is -3.28. The summed E-state index contributed by atoms with van der Waals surface area (Å²) < 4.78 is 15.9. The van der Waals surface area contributed by atoms with Crippen LogP contribution in [-0.4, -0.2) is 60.0 Å². The zero-order chi connectivity index (χ0) is 20.6. The van der Waals surface area contributed by atoms with Crippen LogP contribution in [0.3, 0.4) is 0 Å². The van der Waals surface area contributed by atoms with E-state index in [1.54, 1.807) is 21.3 Å². The number of rotatable bonds is 8. The first-order valence-corrected chi connectivity index (χ1v) is 9.93. The van der Waals surface area contributed by atoms with Gasteiger partial charge < -0.3 is 29.3 Å². The maximum absolute atomic E-state index is 12.4. The second-order valence-corrected chi connectivity index (χ2v) is 7.32. The molecule has 0 unspecified atom stereocenters. The van der Waals surface area contributed by atoms with E-state index in [1.807, 2.05) is 36.4 Å². The molecule has 1 aliphatic rings. The summed E-state index contributed by atoms with van der Waals surface area (Å²) in [5.41, 5.74) is 2.00. The van der Waals surface area contributed by atoms with Gasteiger partial charge in [0.15, 0.2) is 18.0 Å². The van der Waals surface area contributed by atoms with Crippen LogP contribution in [0.1, 0.15) is 5.56 Å². The van der Waals surface area contributed by atoms with E-state index >= 15 is 0 Å². The second-order valence-electron chi connectivity index (χ2n) is 7.32. The van der Waals surface area contributed by atoms with Gasteiger partial charge >= 0.3 is 0 Å². The van der Waals surface area contributed by atoms with Crippen LogP contribution in [0.2, 0.25) is 0 Å². The molecule has 0 spiro atoms. The highest BCUT2D eigenvalue weighted by Crippen LogP contribution is 2.27. The summed E-state index contributed by atoms with van der Waals surface area (Å²) in [6.45, 7) is 5.47. The van der Waals surface area contributed by atoms with Crippen molar-refractivity contribution in [1.29, 1.82) is 0 Å². The minimum atomic E-state index is 0.0385. The monoisotopic (exact) mass is 401 g/mol. The Morgan fingerprint density at radius 3 is 2.31 bits per heavy atom. The molecule has 7 heteroatoms. The number of anilines is 1. The Labute approximate surface area is 172 Å². The molecule has 1 aliphatic heterocycles. The molecule has 7 nitrogen and oxygen atoms in total. The number of nitrogens with one attached hydrogen (secondary N) is 3. The van der Waals surface area contributed by atoms with Crippen LogP contribution in [-0.2, 0) is 11.3 Å². The Hall–Kier alpha value is -2.77. The van der Waals surface area contributed by atoms with Crippen LogP contribution < -0.4 is 29.3 Å². The molecule has 2 aromatic rings. The molecule has 1 fully saturated rings. The Bertz CT molecular complexity index is 819. The number of methoxy groups -OCH3 is 3. The molecule has 1 saturated heterocycles. The molecular weight excluding hydrogens is 370 g/mol. The smallest absolute Gasteiger partial charge is 0.279 e. The Kier molecular flexibility index (Phi) is 7.32. The summed E-state index contributed by atoms with van der Waals surface area (Å²) in [5, 5.41) is 2.97. The number of carbonyl (C=O) groups excluding carboxylic acids is 1. The van der Waals surface area contributed by atoms with Gasteiger partial charge in [0.05, 0.1) is 21.3 Å². The highest BCUT2D eigenvalue weighted by Gasteiger charge is 2.25. The van der Waals surface area contributed by atoms with Gasteiger partial charge in [0.25, 0.3) is 5.91 Å². The fourth-order valence-corrected chi connectivity index (χ4v) is 3.72. The predicted molar refractivity (Wildman–Crippen MR) is 111 cm³/mol. The van der Waals surface area contributed by atoms with E-state index in [4.69, 9.17) is 14.2 Å². The summed E-state index contributed by atoms with van der Waals surface area (Å²) in [4.78, 5) is 15.2. The summed E-state index contributed by atoms with van der Waals surface area (Å²) in [5.74, 6) is 2.30. The van der Waals surface area contributed by atoms with Crippen LogP contribution in [0.5, 0.6) is 17.2 Å². The lowest BCUT2D eigenvalue weighted by Gasteiger charge is -2.29. The molecule has 0 aromatic heterocycles. The molecule has 3 rings (SSSR count). The quantitative estimate of drug-likeness (QED) is 0.565. The van der Waals surface area contributed by atoms with Gasteiger partial charge in [-0.15, -0.1) is 0 Å². The maximum Gasteiger partial charge on any atom is 0.279 e. The number of piperazine rings is 1. The molecule has 1 amide bonds. The molecule has 29 heavy (non-hydrogen) atoms. The summed E-state index contributed by atoms with van der Waals surface area (Å²) in [6.07, 6.45) is 0. The maximum atomic E-state index is 12.4. The van der Waals surface area contributed by atoms with Gasteiger partial charge in [-0.3, -0.25) is 4.79 Å². The molecule has 0 aliphatic carbocycles. The molecule has 3 N–H and O–H groups in total. The van der Waals surface area contributed by atoms with Crippen molar-refractivity contribution in [3.8, 4) is 17.2 Å². The van der Waals surface area contributed by atoms with Crippen molar-refractivity contribution in [3.05, 3.63) is 48.0 Å². The lowest BCUT2D eigenvalue weighted by molar-refractivity contribution is -1.02. The van der Waals surface area contributed by atoms with Crippen molar-refractivity contribution in [3.63, 3.8) is 0 Å². The van der Waals surface area contributed by atoms with Crippen molar-refractivity contribution in [2.75, 3.05) is 59.4 Å². The zero-order valence-corrected chi connectivity index (χ0v) is 17.4. The van der Waals surface area contributed by atoms with Crippen LogP contribution in [0.15, 0.2) is 42.5 Å². The summed E-state index contributed by atoms with van der Waals surface area (Å²) >= 11 is 0. The van der Waals surface area contributed by atoms with Gasteiger partial charge in [-0.05, 0) is 30.3 Å². The van der Waals surface area contributed by atoms with Crippen molar-refractivity contribution in [1.82, 2.24) is 0 Å². The van der Waals surface area contributed by atoms with E-state index in [0.717, 1.165) is 55.7 Å². The van der Waals surface area contributed by atoms with E-state index in [9.17, 15) is 4.79 Å². The third-order valence-electron chi connectivity index (χ3n) is 5.33. The standard InChI is InChI=1S/C22H29N3O4/c1-27-19-6-4-5-18(14-19)23-22(26)16-25-11-9-24(10-12-25)15-17-7-8-20(28-2)21(13-17)29-3/h4-8,13-14H,9-12,15-16H2,1-3H3,(H,23,26)/p+2. The van der Waals surface area contributed by atoms with Gasteiger partial charge in [-0.1, -0.05) is 6.07 Å². The molecule has 0 atom stereocenters. The number of carbonyl (C=O) groups is 1. The molecule has 2 aromatic carbocycles. The van der Waals surface area contributed by atoms with Crippen LogP contribution in [0.4, 0.5) is 5.69 Å². The Balaban J connectivity index is 1.46. The molecule has 0 saturated carbocycles. The first-order chi connectivity index (χ1) is 14.1. The van der Waals surface area contributed by atoms with E-state index in [-0.39, 0.29) is 5.91 Å². The molecule has 1 heterocycles. The van der Waals surface area contributed by atoms with E-state index < -0.39 is 0 Å². The van der Waals surface area contributed by atoms with E-state index in [1.165, 1.54) is 15.4 Å². The highest BCUT2D eigenvalue weighted by molar-refractivity contribution is 5.91. The van der Waals surface area contributed by atoms with Gasteiger partial charge in [0.2, 0.25) is 0 Å². The number of benzene rings is 2. The van der Waals surface area contributed by atoms with E-state index in [2.05, 4.69) is 11.4 Å². The minimum Gasteiger partial charge on any atom is -0.497 e. The van der Waals surface area contributed by atoms with Gasteiger partial charge in [-0.2, -0.15) is 0 Å². The van der Waals surface area contributed by atoms with E-state index in [0.29, 0.717) is 6.54 Å². The first kappa shape index (κ1) is 21.0. The lowest BCUT2D eigenvalue weighted by atomic mass is 10.1. The van der Waals surface area contributed by atoms with Crippen molar-refractivity contribution < 1.29 is 28.8 Å². The molecule has 0 radical (unpaired) electrons. The van der Waals surface area contributed by atoms with Crippen molar-refractivity contribution in [2.45, 2.75) is 6.54 Å². The van der Waals surface area contributed by atoms with Gasteiger partial charge in [-0.25, -0.2) is 0 Å². The molecule has 0 bridgehead atoms. The van der Waals surface area contributed by atoms with Crippen molar-refractivity contribution >= 4 is 11.6 Å². The Morgan fingerprint density at radius 1 is 0.897 bits per heavy atom. The van der Waals surface area contributed by atoms with Gasteiger partial charge in [0, 0.05) is 17.3 Å². The summed E-state index contributed by atoms with van der Waals surface area (Å²) in [7, 11) is 4.93. The largest absolute Gasteiger partial charge is 0.497 e. The zero-order valence-electron chi connectivity index (χ0n) is 17.4. The average molecular weight is 402 g/mol. The number of hydrogen-bond acceptors (Lipinski definition) is 4. The third kappa shape index (κ3) is 5.85. The summed E-state index contributed by atoms with van der Waals surface area (Å²) in [6, 6.07) is 13.5. The molecular formula is C22H31N3O4+2. The predicted octanol–water partition coefficient (Wildman–Crippen LogP) is -0.365. The number of ether oxygens (including phenoxy) is 3. The van der Waals surface area contributed by atoms with Gasteiger partial charge in [0.1, 0.15) is 38.5 Å². The fourth-order valence-electron chi connectivity index (χ4n) is 3.72. The second kappa shape index (κ2) is 10.1. The topological polar surface area (TPSA) is 65.7 Å². The number of hydrogen-bond donors (Lipinski definition) is 3. The number of amides is 1. The number of quaternary nitrogens is 2. The highest BCUT2D eigenvalue weighted by atomic mass is 16.5. The first-order valence-electron chi connectivity index (χ1n) is 9.93. The van der Waals surface area contributed by atoms with Crippen LogP contribution in [0, 0.1) is 0 Å². The van der Waals surface area contributed by atoms with Crippen LogP contribution >= 0.6 is 0 Å². The fraction of sp³-hybridized carbons (Fsp3) is 0.409.